The van der Waals surface area contributed by atoms with Crippen molar-refractivity contribution in [2.24, 2.45) is 0 Å². The fourth-order valence-corrected chi connectivity index (χ4v) is 8.14. The monoisotopic (exact) mass is 646 g/mol. The van der Waals surface area contributed by atoms with Crippen LogP contribution < -0.4 is 9.64 Å². The molecule has 6 heterocycles. The lowest BCUT2D eigenvalue weighted by atomic mass is 9.91. The molecule has 2 atom stereocenters. The quantitative estimate of drug-likeness (QED) is 0.265. The number of ether oxygens (including phenoxy) is 2. The molecule has 0 unspecified atom stereocenters. The highest BCUT2D eigenvalue weighted by Crippen LogP contribution is 2.42. The van der Waals surface area contributed by atoms with E-state index in [9.17, 15) is 9.18 Å². The number of amides is 1. The van der Waals surface area contributed by atoms with Crippen molar-refractivity contribution >= 4 is 45.0 Å². The number of nitrogens with zero attached hydrogens (tertiary/aromatic N) is 6. The minimum Gasteiger partial charge on any atom is -0.461 e. The van der Waals surface area contributed by atoms with Crippen molar-refractivity contribution in [3.63, 3.8) is 0 Å². The summed E-state index contributed by atoms with van der Waals surface area (Å²) in [5.41, 5.74) is -0.259. The molecule has 238 valence electrons. The van der Waals surface area contributed by atoms with Crippen LogP contribution in [0.1, 0.15) is 19.3 Å². The van der Waals surface area contributed by atoms with E-state index in [0.717, 1.165) is 24.8 Å². The molecule has 1 spiro atoms. The Kier molecular flexibility index (Phi) is 7.11. The van der Waals surface area contributed by atoms with Gasteiger partial charge in [-0.2, -0.15) is 9.97 Å². The molecule has 4 fully saturated rings. The van der Waals surface area contributed by atoms with E-state index in [1.165, 1.54) is 6.08 Å². The molecule has 9 nitrogen and oxygen atoms in total. The fraction of sp³-hybridized carbons (Fsp3) is 0.412. The molecule has 46 heavy (non-hydrogen) atoms. The number of hydrogen-bond donors (Lipinski definition) is 0. The first kappa shape index (κ1) is 29.5. The summed E-state index contributed by atoms with van der Waals surface area (Å²) in [5.74, 6) is -0.318. The van der Waals surface area contributed by atoms with E-state index in [2.05, 4.69) is 21.4 Å². The zero-order valence-corrected chi connectivity index (χ0v) is 26.0. The largest absolute Gasteiger partial charge is 0.461 e. The number of carbonyl (C=O) groups excluding carboxylic acids is 1. The SMILES string of the molecule is C=CC(=O)N1CCN(c2nc(OC[C@@]34CCCN3C[C@H](F)C4)nc3c(F)c(-c4cccc5cccc(Cl)c45)ncc23)CC12COC2. The summed E-state index contributed by atoms with van der Waals surface area (Å²) >= 11 is 6.60. The molecular weight excluding hydrogens is 614 g/mol. The van der Waals surface area contributed by atoms with Crippen LogP contribution in [0.5, 0.6) is 6.01 Å². The standard InChI is InChI=1S/C34H33ClF2N6O3/c1-2-26(44)43-13-12-41(17-34(43)18-45-19-34)31-24-15-38-29(23-8-3-6-21-7-4-9-25(35)27(21)23)28(37)30(24)39-32(40-31)46-20-33-10-5-11-42(33)16-22(36)14-33/h2-4,6-9,15,22H,1,5,10-14,16-20H2/t22-,33+/m1/s1. The van der Waals surface area contributed by atoms with Gasteiger partial charge in [0.15, 0.2) is 5.82 Å². The van der Waals surface area contributed by atoms with Crippen LogP contribution in [0.15, 0.2) is 55.3 Å². The normalized spacial score (nSPS) is 24.0. The van der Waals surface area contributed by atoms with Crippen LogP contribution in [0.25, 0.3) is 32.9 Å². The Bertz CT molecular complexity index is 1880. The number of piperazine rings is 1. The minimum absolute atomic E-state index is 0.0153. The summed E-state index contributed by atoms with van der Waals surface area (Å²) in [6, 6.07) is 11.1. The van der Waals surface area contributed by atoms with Gasteiger partial charge in [0.05, 0.1) is 24.1 Å². The predicted octanol–water partition coefficient (Wildman–Crippen LogP) is 5.20. The molecule has 0 N–H and O–H groups in total. The average molecular weight is 647 g/mol. The van der Waals surface area contributed by atoms with E-state index in [1.807, 2.05) is 29.2 Å². The van der Waals surface area contributed by atoms with Gasteiger partial charge in [0.2, 0.25) is 5.91 Å². The van der Waals surface area contributed by atoms with Crippen LogP contribution in [-0.4, -0.2) is 100 Å². The number of alkyl halides is 1. The Morgan fingerprint density at radius 1 is 1.17 bits per heavy atom. The van der Waals surface area contributed by atoms with Crippen molar-refractivity contribution in [2.45, 2.75) is 36.5 Å². The third-order valence-corrected chi connectivity index (χ3v) is 10.4. The molecule has 8 rings (SSSR count). The number of aromatic nitrogens is 3. The lowest BCUT2D eigenvalue weighted by Gasteiger charge is -2.55. The van der Waals surface area contributed by atoms with E-state index in [1.54, 1.807) is 23.2 Å². The van der Waals surface area contributed by atoms with Gasteiger partial charge in [0.1, 0.15) is 35.3 Å². The number of halogens is 3. The molecule has 4 saturated heterocycles. The van der Waals surface area contributed by atoms with Crippen LogP contribution >= 0.6 is 11.6 Å². The Morgan fingerprint density at radius 3 is 2.78 bits per heavy atom. The number of pyridine rings is 1. The minimum atomic E-state index is -0.911. The third-order valence-electron chi connectivity index (χ3n) is 10.1. The van der Waals surface area contributed by atoms with Crippen molar-refractivity contribution in [3.05, 3.63) is 66.1 Å². The molecule has 0 aliphatic carbocycles. The summed E-state index contributed by atoms with van der Waals surface area (Å²) < 4.78 is 43.1. The molecule has 1 amide bonds. The van der Waals surface area contributed by atoms with E-state index >= 15 is 4.39 Å². The summed E-state index contributed by atoms with van der Waals surface area (Å²) in [7, 11) is 0. The Hall–Kier alpha value is -3.93. The molecule has 2 aromatic carbocycles. The summed E-state index contributed by atoms with van der Waals surface area (Å²) in [5, 5.41) is 2.47. The maximum Gasteiger partial charge on any atom is 0.319 e. The molecule has 2 aromatic heterocycles. The number of benzene rings is 2. The van der Waals surface area contributed by atoms with Crippen molar-refractivity contribution in [3.8, 4) is 17.3 Å². The molecule has 4 aliphatic rings. The Labute approximate surface area is 269 Å². The fourth-order valence-electron chi connectivity index (χ4n) is 7.85. The first-order valence-electron chi connectivity index (χ1n) is 15.6. The lowest BCUT2D eigenvalue weighted by Crippen LogP contribution is -2.72. The van der Waals surface area contributed by atoms with Crippen LogP contribution in [-0.2, 0) is 9.53 Å². The zero-order chi connectivity index (χ0) is 31.6. The maximum atomic E-state index is 16.8. The Morgan fingerprint density at radius 2 is 2.00 bits per heavy atom. The highest BCUT2D eigenvalue weighted by Gasteiger charge is 2.51. The van der Waals surface area contributed by atoms with Gasteiger partial charge in [-0.3, -0.25) is 14.7 Å². The molecule has 12 heteroatoms. The molecule has 4 aliphatic heterocycles. The van der Waals surface area contributed by atoms with Crippen molar-refractivity contribution in [2.75, 3.05) is 57.4 Å². The Balaban J connectivity index is 1.24. The molecule has 0 bridgehead atoms. The number of hydrogen-bond acceptors (Lipinski definition) is 8. The van der Waals surface area contributed by atoms with E-state index in [-0.39, 0.29) is 29.7 Å². The summed E-state index contributed by atoms with van der Waals surface area (Å²) in [4.78, 5) is 32.8. The molecule has 4 aromatic rings. The second-order valence-corrected chi connectivity index (χ2v) is 13.3. The van der Waals surface area contributed by atoms with Crippen LogP contribution in [0.2, 0.25) is 5.02 Å². The molecular formula is C34H33ClF2N6O3. The van der Waals surface area contributed by atoms with Gasteiger partial charge < -0.3 is 19.3 Å². The lowest BCUT2D eigenvalue weighted by molar-refractivity contribution is -0.164. The second kappa shape index (κ2) is 11.1. The number of rotatable bonds is 6. The van der Waals surface area contributed by atoms with E-state index in [0.29, 0.717) is 73.0 Å². The van der Waals surface area contributed by atoms with Gasteiger partial charge in [-0.05, 0) is 36.9 Å². The summed E-state index contributed by atoms with van der Waals surface area (Å²) in [6.07, 6.45) is 4.18. The first-order valence-corrected chi connectivity index (χ1v) is 16.0. The number of carbonyl (C=O) groups is 1. The second-order valence-electron chi connectivity index (χ2n) is 12.9. The van der Waals surface area contributed by atoms with Gasteiger partial charge in [-0.25, -0.2) is 8.78 Å². The van der Waals surface area contributed by atoms with Gasteiger partial charge in [0.25, 0.3) is 0 Å². The summed E-state index contributed by atoms with van der Waals surface area (Å²) in [6.45, 7) is 7.10. The van der Waals surface area contributed by atoms with Gasteiger partial charge in [0, 0.05) is 54.8 Å². The van der Waals surface area contributed by atoms with Gasteiger partial charge in [-0.1, -0.05) is 48.5 Å². The van der Waals surface area contributed by atoms with E-state index in [4.69, 9.17) is 26.1 Å². The average Bonchev–Trinajstić information content (AvgIpc) is 3.58. The van der Waals surface area contributed by atoms with Crippen molar-refractivity contribution in [1.29, 1.82) is 0 Å². The maximum absolute atomic E-state index is 16.8. The van der Waals surface area contributed by atoms with E-state index < -0.39 is 23.1 Å². The number of anilines is 1. The van der Waals surface area contributed by atoms with Gasteiger partial charge in [-0.15, -0.1) is 0 Å². The highest BCUT2D eigenvalue weighted by atomic mass is 35.5. The van der Waals surface area contributed by atoms with Crippen LogP contribution in [0.3, 0.4) is 0 Å². The van der Waals surface area contributed by atoms with Crippen molar-refractivity contribution in [1.82, 2.24) is 24.8 Å². The first-order chi connectivity index (χ1) is 22.3. The van der Waals surface area contributed by atoms with Gasteiger partial charge >= 0.3 is 6.01 Å². The van der Waals surface area contributed by atoms with Crippen LogP contribution in [0, 0.1) is 5.82 Å². The molecule has 0 radical (unpaired) electrons. The number of fused-ring (bicyclic) bond motifs is 3. The van der Waals surface area contributed by atoms with Crippen LogP contribution in [0.4, 0.5) is 14.6 Å². The third kappa shape index (κ3) is 4.62. The molecule has 0 saturated carbocycles. The zero-order valence-electron chi connectivity index (χ0n) is 25.2. The predicted molar refractivity (Wildman–Crippen MR) is 171 cm³/mol. The highest BCUT2D eigenvalue weighted by molar-refractivity contribution is 6.36. The smallest absolute Gasteiger partial charge is 0.319 e. The topological polar surface area (TPSA) is 83.9 Å². The van der Waals surface area contributed by atoms with Crippen molar-refractivity contribution < 1.29 is 23.0 Å².